The van der Waals surface area contributed by atoms with Crippen LogP contribution in [0.3, 0.4) is 0 Å². The summed E-state index contributed by atoms with van der Waals surface area (Å²) >= 11 is 0. The normalized spacial score (nSPS) is 21.5. The van der Waals surface area contributed by atoms with Crippen molar-refractivity contribution in [1.29, 1.82) is 0 Å². The molecule has 1 heterocycles. The van der Waals surface area contributed by atoms with Crippen LogP contribution in [-0.2, 0) is 16.1 Å². The summed E-state index contributed by atoms with van der Waals surface area (Å²) in [5, 5.41) is 6.01. The lowest BCUT2D eigenvalue weighted by molar-refractivity contribution is -0.130. The van der Waals surface area contributed by atoms with Gasteiger partial charge in [0.25, 0.3) is 0 Å². The Labute approximate surface area is 154 Å². The number of nitrogens with one attached hydrogen (secondary N) is 2. The van der Waals surface area contributed by atoms with Gasteiger partial charge in [0.15, 0.2) is 11.5 Å². The molecule has 0 bridgehead atoms. The molecule has 142 valence electrons. The van der Waals surface area contributed by atoms with Gasteiger partial charge in [0.2, 0.25) is 18.6 Å². The third-order valence-electron chi connectivity index (χ3n) is 5.06. The summed E-state index contributed by atoms with van der Waals surface area (Å²) in [7, 11) is 0. The van der Waals surface area contributed by atoms with Gasteiger partial charge in [0, 0.05) is 24.9 Å². The molecule has 6 heteroatoms. The van der Waals surface area contributed by atoms with Gasteiger partial charge in [-0.2, -0.15) is 0 Å². The highest BCUT2D eigenvalue weighted by Gasteiger charge is 2.29. The Morgan fingerprint density at radius 3 is 2.27 bits per heavy atom. The van der Waals surface area contributed by atoms with Gasteiger partial charge in [0.05, 0.1) is 0 Å². The quantitative estimate of drug-likeness (QED) is 0.818. The van der Waals surface area contributed by atoms with Crippen LogP contribution >= 0.6 is 0 Å². The summed E-state index contributed by atoms with van der Waals surface area (Å²) in [5.41, 5.74) is 0.990. The van der Waals surface area contributed by atoms with Gasteiger partial charge in [-0.15, -0.1) is 0 Å². The molecule has 0 saturated heterocycles. The van der Waals surface area contributed by atoms with Crippen LogP contribution in [0.1, 0.15) is 45.1 Å². The van der Waals surface area contributed by atoms with Gasteiger partial charge in [0.1, 0.15) is 0 Å². The van der Waals surface area contributed by atoms with E-state index in [2.05, 4.69) is 24.5 Å². The fourth-order valence-corrected chi connectivity index (χ4v) is 3.45. The summed E-state index contributed by atoms with van der Waals surface area (Å²) in [4.78, 5) is 24.6. The Bertz CT molecular complexity index is 651. The molecule has 1 aliphatic heterocycles. The van der Waals surface area contributed by atoms with Crippen molar-refractivity contribution < 1.29 is 19.1 Å². The fraction of sp³-hybridized carbons (Fsp3) is 0.600. The van der Waals surface area contributed by atoms with Crippen LogP contribution in [-0.4, -0.2) is 25.2 Å². The van der Waals surface area contributed by atoms with Crippen LogP contribution in [0.2, 0.25) is 0 Å². The third-order valence-corrected chi connectivity index (χ3v) is 5.06. The molecule has 2 N–H and O–H groups in total. The summed E-state index contributed by atoms with van der Waals surface area (Å²) in [6.45, 7) is 5.61. The molecular formula is C20H28N2O4. The zero-order chi connectivity index (χ0) is 18.5. The summed E-state index contributed by atoms with van der Waals surface area (Å²) in [5.74, 6) is 2.18. The van der Waals surface area contributed by atoms with Gasteiger partial charge < -0.3 is 20.1 Å². The van der Waals surface area contributed by atoms with E-state index in [1.165, 1.54) is 0 Å². The van der Waals surface area contributed by atoms with Crippen molar-refractivity contribution >= 4 is 11.8 Å². The van der Waals surface area contributed by atoms with Crippen LogP contribution in [0.25, 0.3) is 0 Å². The van der Waals surface area contributed by atoms with E-state index in [1.54, 1.807) is 0 Å². The Balaban J connectivity index is 1.41. The lowest BCUT2D eigenvalue weighted by Crippen LogP contribution is -2.38. The standard InChI is InChI=1S/C20H28N2O4/c1-13(2)10-21-19(23)15-4-6-16(7-5-15)20(24)22-11-14-3-8-17-18(9-14)26-12-25-17/h3,8-9,13,15-16H,4-7,10-12H2,1-2H3,(H,21,23)(H,22,24). The highest BCUT2D eigenvalue weighted by molar-refractivity contribution is 5.81. The van der Waals surface area contributed by atoms with E-state index in [4.69, 9.17) is 9.47 Å². The largest absolute Gasteiger partial charge is 0.454 e. The van der Waals surface area contributed by atoms with Crippen molar-refractivity contribution in [3.8, 4) is 11.5 Å². The van der Waals surface area contributed by atoms with Gasteiger partial charge in [-0.05, 0) is 49.3 Å². The summed E-state index contributed by atoms with van der Waals surface area (Å²) in [6.07, 6.45) is 3.11. The summed E-state index contributed by atoms with van der Waals surface area (Å²) in [6, 6.07) is 5.70. The van der Waals surface area contributed by atoms with E-state index >= 15 is 0 Å². The fourth-order valence-electron chi connectivity index (χ4n) is 3.45. The highest BCUT2D eigenvalue weighted by Crippen LogP contribution is 2.33. The molecule has 1 aromatic rings. The number of hydrogen-bond donors (Lipinski definition) is 2. The highest BCUT2D eigenvalue weighted by atomic mass is 16.7. The Morgan fingerprint density at radius 1 is 1.00 bits per heavy atom. The molecule has 2 amide bonds. The van der Waals surface area contributed by atoms with Gasteiger partial charge in [-0.3, -0.25) is 9.59 Å². The minimum absolute atomic E-state index is 0.00170. The van der Waals surface area contributed by atoms with Gasteiger partial charge in [-0.25, -0.2) is 0 Å². The minimum Gasteiger partial charge on any atom is -0.454 e. The van der Waals surface area contributed by atoms with E-state index < -0.39 is 0 Å². The van der Waals surface area contributed by atoms with Gasteiger partial charge >= 0.3 is 0 Å². The van der Waals surface area contributed by atoms with Crippen LogP contribution in [0.15, 0.2) is 18.2 Å². The minimum atomic E-state index is -0.00170. The number of carbonyl (C=O) groups excluding carboxylic acids is 2. The Morgan fingerprint density at radius 2 is 1.62 bits per heavy atom. The molecule has 3 rings (SSSR count). The number of hydrogen-bond acceptors (Lipinski definition) is 4. The molecule has 1 aliphatic carbocycles. The third kappa shape index (κ3) is 4.68. The number of ether oxygens (including phenoxy) is 2. The van der Waals surface area contributed by atoms with E-state index in [9.17, 15) is 9.59 Å². The monoisotopic (exact) mass is 360 g/mol. The maximum absolute atomic E-state index is 12.4. The maximum atomic E-state index is 12.4. The van der Waals surface area contributed by atoms with Crippen molar-refractivity contribution in [2.24, 2.45) is 17.8 Å². The first-order valence-corrected chi connectivity index (χ1v) is 9.47. The van der Waals surface area contributed by atoms with Crippen molar-refractivity contribution in [2.45, 2.75) is 46.1 Å². The molecule has 6 nitrogen and oxygen atoms in total. The molecular weight excluding hydrogens is 332 g/mol. The zero-order valence-corrected chi connectivity index (χ0v) is 15.5. The molecule has 0 atom stereocenters. The first kappa shape index (κ1) is 18.5. The SMILES string of the molecule is CC(C)CNC(=O)C1CCC(C(=O)NCc2ccc3c(c2)OCO3)CC1. The molecule has 26 heavy (non-hydrogen) atoms. The second-order valence-corrected chi connectivity index (χ2v) is 7.59. The van der Waals surface area contributed by atoms with Crippen LogP contribution in [0.4, 0.5) is 0 Å². The van der Waals surface area contributed by atoms with E-state index in [-0.39, 0.29) is 30.4 Å². The summed E-state index contributed by atoms with van der Waals surface area (Å²) < 4.78 is 10.6. The number of rotatable bonds is 6. The maximum Gasteiger partial charge on any atom is 0.231 e. The first-order valence-electron chi connectivity index (χ1n) is 9.47. The van der Waals surface area contributed by atoms with E-state index in [1.807, 2.05) is 18.2 Å². The van der Waals surface area contributed by atoms with Crippen molar-refractivity contribution in [2.75, 3.05) is 13.3 Å². The molecule has 1 fully saturated rings. The molecule has 0 aromatic heterocycles. The number of carbonyl (C=O) groups is 2. The smallest absolute Gasteiger partial charge is 0.231 e. The number of benzene rings is 1. The second-order valence-electron chi connectivity index (χ2n) is 7.59. The molecule has 0 spiro atoms. The van der Waals surface area contributed by atoms with Crippen molar-refractivity contribution in [1.82, 2.24) is 10.6 Å². The van der Waals surface area contributed by atoms with Crippen molar-refractivity contribution in [3.05, 3.63) is 23.8 Å². The lowest BCUT2D eigenvalue weighted by Gasteiger charge is -2.27. The average molecular weight is 360 g/mol. The van der Waals surface area contributed by atoms with Crippen molar-refractivity contribution in [3.63, 3.8) is 0 Å². The molecule has 0 unspecified atom stereocenters. The van der Waals surface area contributed by atoms with Crippen LogP contribution in [0, 0.1) is 17.8 Å². The number of amides is 2. The molecule has 2 aliphatic rings. The predicted molar refractivity (Wildman–Crippen MR) is 97.7 cm³/mol. The predicted octanol–water partition coefficient (Wildman–Crippen LogP) is 2.61. The van der Waals surface area contributed by atoms with Gasteiger partial charge in [-0.1, -0.05) is 19.9 Å². The Kier molecular flexibility index (Phi) is 6.01. The van der Waals surface area contributed by atoms with E-state index in [0.717, 1.165) is 49.3 Å². The van der Waals surface area contributed by atoms with Crippen LogP contribution < -0.4 is 20.1 Å². The molecule has 1 aromatic carbocycles. The topological polar surface area (TPSA) is 76.7 Å². The molecule has 1 saturated carbocycles. The lowest BCUT2D eigenvalue weighted by atomic mass is 9.81. The second kappa shape index (κ2) is 8.43. The Hall–Kier alpha value is -2.24. The first-order chi connectivity index (χ1) is 12.5. The van der Waals surface area contributed by atoms with E-state index in [0.29, 0.717) is 12.5 Å². The number of fused-ring (bicyclic) bond motifs is 1. The van der Waals surface area contributed by atoms with Crippen LogP contribution in [0.5, 0.6) is 11.5 Å². The zero-order valence-electron chi connectivity index (χ0n) is 15.5. The average Bonchev–Trinajstić information content (AvgIpc) is 3.12. The molecule has 0 radical (unpaired) electrons.